The molecule has 0 fully saturated rings. The van der Waals surface area contributed by atoms with Crippen LogP contribution in [-0.2, 0) is 6.54 Å². The van der Waals surface area contributed by atoms with Crippen molar-refractivity contribution in [1.82, 2.24) is 9.78 Å². The Hall–Kier alpha value is -0.400. The van der Waals surface area contributed by atoms with E-state index in [1.807, 2.05) is 6.20 Å². The third-order valence-electron chi connectivity index (χ3n) is 1.76. The summed E-state index contributed by atoms with van der Waals surface area (Å²) in [5.41, 5.74) is 0. The van der Waals surface area contributed by atoms with Crippen molar-refractivity contribution >= 4 is 51.3 Å². The quantitative estimate of drug-likeness (QED) is 0.628. The Balaban J connectivity index is 2.10. The molecular weight excluding hydrogens is 347 g/mol. The molecule has 15 heavy (non-hydrogen) atoms. The van der Waals surface area contributed by atoms with Gasteiger partial charge < -0.3 is 0 Å². The minimum atomic E-state index is 0.0337. The van der Waals surface area contributed by atoms with Gasteiger partial charge in [0.1, 0.15) is 6.54 Å². The van der Waals surface area contributed by atoms with Crippen LogP contribution in [0.1, 0.15) is 9.67 Å². The highest BCUT2D eigenvalue weighted by molar-refractivity contribution is 14.1. The molecule has 0 spiro atoms. The molecule has 0 aromatic carbocycles. The number of hydrogen-bond donors (Lipinski definition) is 0. The van der Waals surface area contributed by atoms with Crippen molar-refractivity contribution in [3.8, 4) is 0 Å². The van der Waals surface area contributed by atoms with Crippen LogP contribution < -0.4 is 0 Å². The Labute approximate surface area is 109 Å². The summed E-state index contributed by atoms with van der Waals surface area (Å²) in [7, 11) is 0. The second-order valence-electron chi connectivity index (χ2n) is 2.88. The fourth-order valence-electron chi connectivity index (χ4n) is 1.11. The number of Topliss-reactive ketones (excluding diaryl/α,β-unsaturated/α-hetero) is 1. The second kappa shape index (κ2) is 4.63. The topological polar surface area (TPSA) is 34.9 Å². The molecule has 0 aliphatic rings. The standard InChI is InChI=1S/C9H6ClIN2OS/c10-9-2-1-8(15-9)7(14)5-13-4-6(11)3-12-13/h1-4H,5H2. The van der Waals surface area contributed by atoms with Gasteiger partial charge in [0.05, 0.1) is 19.0 Å². The average Bonchev–Trinajstić information content (AvgIpc) is 2.75. The maximum atomic E-state index is 11.7. The van der Waals surface area contributed by atoms with E-state index in [2.05, 4.69) is 27.7 Å². The van der Waals surface area contributed by atoms with E-state index in [9.17, 15) is 4.79 Å². The van der Waals surface area contributed by atoms with Gasteiger partial charge in [-0.15, -0.1) is 11.3 Å². The first kappa shape index (κ1) is 11.1. The number of ketones is 1. The van der Waals surface area contributed by atoms with Crippen LogP contribution in [0.15, 0.2) is 24.5 Å². The van der Waals surface area contributed by atoms with Crippen molar-refractivity contribution in [3.63, 3.8) is 0 Å². The minimum Gasteiger partial charge on any atom is -0.291 e. The zero-order chi connectivity index (χ0) is 10.8. The summed E-state index contributed by atoms with van der Waals surface area (Å²) in [5.74, 6) is 0.0337. The maximum absolute atomic E-state index is 11.7. The van der Waals surface area contributed by atoms with Crippen LogP contribution in [0.4, 0.5) is 0 Å². The maximum Gasteiger partial charge on any atom is 0.194 e. The zero-order valence-electron chi connectivity index (χ0n) is 7.48. The Kier molecular flexibility index (Phi) is 3.42. The van der Waals surface area contributed by atoms with Gasteiger partial charge in [0, 0.05) is 6.20 Å². The molecule has 0 saturated carbocycles. The van der Waals surface area contributed by atoms with E-state index < -0.39 is 0 Å². The monoisotopic (exact) mass is 352 g/mol. The molecule has 2 rings (SSSR count). The average molecular weight is 353 g/mol. The van der Waals surface area contributed by atoms with Gasteiger partial charge in [0.15, 0.2) is 5.78 Å². The molecule has 0 atom stereocenters. The first-order valence-electron chi connectivity index (χ1n) is 4.11. The zero-order valence-corrected chi connectivity index (χ0v) is 11.2. The van der Waals surface area contributed by atoms with E-state index in [0.717, 1.165) is 3.57 Å². The lowest BCUT2D eigenvalue weighted by Crippen LogP contribution is -2.09. The third kappa shape index (κ3) is 2.79. The van der Waals surface area contributed by atoms with Crippen molar-refractivity contribution in [1.29, 1.82) is 0 Å². The van der Waals surface area contributed by atoms with Gasteiger partial charge in [-0.3, -0.25) is 9.48 Å². The van der Waals surface area contributed by atoms with E-state index in [1.165, 1.54) is 11.3 Å². The number of hydrogen-bond acceptors (Lipinski definition) is 3. The molecule has 0 aliphatic heterocycles. The lowest BCUT2D eigenvalue weighted by atomic mass is 10.3. The van der Waals surface area contributed by atoms with Crippen molar-refractivity contribution < 1.29 is 4.79 Å². The second-order valence-corrected chi connectivity index (χ2v) is 5.84. The van der Waals surface area contributed by atoms with E-state index in [4.69, 9.17) is 11.6 Å². The molecule has 0 unspecified atom stereocenters. The number of thiophene rings is 1. The van der Waals surface area contributed by atoms with E-state index >= 15 is 0 Å². The minimum absolute atomic E-state index is 0.0337. The summed E-state index contributed by atoms with van der Waals surface area (Å²) in [6.45, 7) is 0.264. The molecule has 0 saturated heterocycles. The Morgan fingerprint density at radius 2 is 2.40 bits per heavy atom. The lowest BCUT2D eigenvalue weighted by Gasteiger charge is -1.97. The Morgan fingerprint density at radius 1 is 1.60 bits per heavy atom. The summed E-state index contributed by atoms with van der Waals surface area (Å²) in [6, 6.07) is 3.47. The SMILES string of the molecule is O=C(Cn1cc(I)cn1)c1ccc(Cl)s1. The van der Waals surface area contributed by atoms with Crippen molar-refractivity contribution in [3.05, 3.63) is 37.3 Å². The Bertz CT molecular complexity index is 494. The molecule has 0 N–H and O–H groups in total. The van der Waals surface area contributed by atoms with E-state index in [1.54, 1.807) is 23.0 Å². The summed E-state index contributed by atoms with van der Waals surface area (Å²) in [6.07, 6.45) is 3.54. The van der Waals surface area contributed by atoms with Crippen LogP contribution in [0.2, 0.25) is 4.34 Å². The molecule has 0 aliphatic carbocycles. The lowest BCUT2D eigenvalue weighted by molar-refractivity contribution is 0.0971. The van der Waals surface area contributed by atoms with Crippen molar-refractivity contribution in [2.75, 3.05) is 0 Å². The first-order valence-corrected chi connectivity index (χ1v) is 6.39. The molecule has 0 bridgehead atoms. The van der Waals surface area contributed by atoms with Crippen molar-refractivity contribution in [2.45, 2.75) is 6.54 Å². The van der Waals surface area contributed by atoms with Crippen LogP contribution in [0, 0.1) is 3.57 Å². The van der Waals surface area contributed by atoms with Crippen LogP contribution >= 0.6 is 45.5 Å². The summed E-state index contributed by atoms with van der Waals surface area (Å²) in [4.78, 5) is 12.4. The molecule has 3 nitrogen and oxygen atoms in total. The smallest absolute Gasteiger partial charge is 0.194 e. The van der Waals surface area contributed by atoms with E-state index in [0.29, 0.717) is 9.21 Å². The molecule has 0 radical (unpaired) electrons. The van der Waals surface area contributed by atoms with E-state index in [-0.39, 0.29) is 12.3 Å². The highest BCUT2D eigenvalue weighted by atomic mass is 127. The largest absolute Gasteiger partial charge is 0.291 e. The van der Waals surface area contributed by atoms with Crippen LogP contribution in [-0.4, -0.2) is 15.6 Å². The predicted molar refractivity (Wildman–Crippen MR) is 68.6 cm³/mol. The van der Waals surface area contributed by atoms with Gasteiger partial charge in [-0.1, -0.05) is 11.6 Å². The van der Waals surface area contributed by atoms with Crippen LogP contribution in [0.25, 0.3) is 0 Å². The van der Waals surface area contributed by atoms with Crippen LogP contribution in [0.3, 0.4) is 0 Å². The molecular formula is C9H6ClIN2OS. The first-order chi connectivity index (χ1) is 7.15. The summed E-state index contributed by atoms with van der Waals surface area (Å²) < 4.78 is 3.27. The highest BCUT2D eigenvalue weighted by Gasteiger charge is 2.09. The number of carbonyl (C=O) groups excluding carboxylic acids is 1. The molecule has 6 heteroatoms. The van der Waals surface area contributed by atoms with Gasteiger partial charge in [0.25, 0.3) is 0 Å². The van der Waals surface area contributed by atoms with Gasteiger partial charge in [-0.25, -0.2) is 0 Å². The van der Waals surface area contributed by atoms with Crippen molar-refractivity contribution in [2.24, 2.45) is 0 Å². The van der Waals surface area contributed by atoms with Gasteiger partial charge >= 0.3 is 0 Å². The van der Waals surface area contributed by atoms with Gasteiger partial charge in [-0.05, 0) is 34.7 Å². The van der Waals surface area contributed by atoms with Gasteiger partial charge in [-0.2, -0.15) is 5.10 Å². The molecule has 0 amide bonds. The summed E-state index contributed by atoms with van der Waals surface area (Å²) >= 11 is 9.20. The predicted octanol–water partition coefficient (Wildman–Crippen LogP) is 3.09. The number of aromatic nitrogens is 2. The molecule has 2 aromatic heterocycles. The fraction of sp³-hybridized carbons (Fsp3) is 0.111. The molecule has 78 valence electrons. The third-order valence-corrected chi connectivity index (χ3v) is 3.58. The van der Waals surface area contributed by atoms with Gasteiger partial charge in [0.2, 0.25) is 0 Å². The summed E-state index contributed by atoms with van der Waals surface area (Å²) in [5, 5.41) is 4.05. The van der Waals surface area contributed by atoms with Crippen LogP contribution in [0.5, 0.6) is 0 Å². The number of nitrogens with zero attached hydrogens (tertiary/aromatic N) is 2. The molecule has 2 heterocycles. The number of rotatable bonds is 3. The number of halogens is 2. The normalized spacial score (nSPS) is 10.5. The number of carbonyl (C=O) groups is 1. The fourth-order valence-corrected chi connectivity index (χ4v) is 2.53. The molecule has 2 aromatic rings. The highest BCUT2D eigenvalue weighted by Crippen LogP contribution is 2.22. The Morgan fingerprint density at radius 3 is 2.93 bits per heavy atom.